The van der Waals surface area contributed by atoms with E-state index in [1.54, 1.807) is 9.80 Å². The zero-order valence-corrected chi connectivity index (χ0v) is 15.8. The summed E-state index contributed by atoms with van der Waals surface area (Å²) in [5, 5.41) is 2.58. The molecule has 0 spiro atoms. The first kappa shape index (κ1) is 20.8. The van der Waals surface area contributed by atoms with Crippen LogP contribution in [0.25, 0.3) is 0 Å². The molecule has 1 fully saturated rings. The molecule has 1 aliphatic rings. The van der Waals surface area contributed by atoms with Crippen LogP contribution in [-0.4, -0.2) is 66.3 Å². The summed E-state index contributed by atoms with van der Waals surface area (Å²) in [5.74, 6) is -1.13. The first-order valence-corrected chi connectivity index (χ1v) is 9.15. The van der Waals surface area contributed by atoms with Crippen LogP contribution in [0, 0.1) is 11.7 Å². The van der Waals surface area contributed by atoms with Crippen LogP contribution in [0.3, 0.4) is 0 Å². The van der Waals surface area contributed by atoms with Crippen molar-refractivity contribution < 1.29 is 18.8 Å². The van der Waals surface area contributed by atoms with Gasteiger partial charge >= 0.3 is 0 Å². The molecular formula is C19H27FN4O3. The number of amides is 3. The molecule has 8 heteroatoms. The molecule has 0 saturated carbocycles. The fraction of sp³-hybridized carbons (Fsp3) is 0.526. The van der Waals surface area contributed by atoms with Crippen LogP contribution in [-0.2, 0) is 9.59 Å². The Morgan fingerprint density at radius 2 is 1.67 bits per heavy atom. The van der Waals surface area contributed by atoms with Crippen molar-refractivity contribution in [1.82, 2.24) is 15.1 Å². The van der Waals surface area contributed by atoms with Crippen molar-refractivity contribution in [3.8, 4) is 0 Å². The van der Waals surface area contributed by atoms with Crippen molar-refractivity contribution in [3.63, 3.8) is 0 Å². The average Bonchev–Trinajstić information content (AvgIpc) is 2.91. The maximum atomic E-state index is 13.0. The van der Waals surface area contributed by atoms with Gasteiger partial charge in [-0.25, -0.2) is 4.39 Å². The Kier molecular flexibility index (Phi) is 7.29. The van der Waals surface area contributed by atoms with Crippen molar-refractivity contribution in [2.24, 2.45) is 11.7 Å². The Labute approximate surface area is 158 Å². The maximum Gasteiger partial charge on any atom is 0.253 e. The third-order valence-electron chi connectivity index (χ3n) is 4.66. The van der Waals surface area contributed by atoms with Gasteiger partial charge in [0.1, 0.15) is 5.82 Å². The monoisotopic (exact) mass is 378 g/mol. The number of benzene rings is 1. The van der Waals surface area contributed by atoms with Gasteiger partial charge in [-0.15, -0.1) is 0 Å². The summed E-state index contributed by atoms with van der Waals surface area (Å²) < 4.78 is 13.0. The second-order valence-electron chi connectivity index (χ2n) is 7.02. The number of hydrogen-bond acceptors (Lipinski definition) is 4. The van der Waals surface area contributed by atoms with Crippen molar-refractivity contribution in [2.45, 2.75) is 26.3 Å². The van der Waals surface area contributed by atoms with Crippen molar-refractivity contribution in [3.05, 3.63) is 35.6 Å². The molecule has 0 bridgehead atoms. The van der Waals surface area contributed by atoms with Crippen molar-refractivity contribution >= 4 is 17.7 Å². The van der Waals surface area contributed by atoms with Gasteiger partial charge in [0.05, 0.1) is 12.6 Å². The van der Waals surface area contributed by atoms with Crippen LogP contribution in [0.2, 0.25) is 0 Å². The molecule has 2 rings (SSSR count). The van der Waals surface area contributed by atoms with Gasteiger partial charge in [-0.1, -0.05) is 13.8 Å². The minimum atomic E-state index is -0.647. The fourth-order valence-electron chi connectivity index (χ4n) is 2.84. The molecule has 1 aromatic carbocycles. The normalized spacial score (nSPS) is 16.0. The molecule has 148 valence electrons. The van der Waals surface area contributed by atoms with Gasteiger partial charge < -0.3 is 20.9 Å². The summed E-state index contributed by atoms with van der Waals surface area (Å²) in [6.45, 7) is 5.38. The molecule has 1 aliphatic heterocycles. The van der Waals surface area contributed by atoms with E-state index in [1.165, 1.54) is 24.3 Å². The quantitative estimate of drug-likeness (QED) is 0.784. The van der Waals surface area contributed by atoms with Gasteiger partial charge in [0.15, 0.2) is 0 Å². The number of halogens is 1. The van der Waals surface area contributed by atoms with E-state index < -0.39 is 11.9 Å². The van der Waals surface area contributed by atoms with E-state index in [1.807, 2.05) is 13.8 Å². The first-order chi connectivity index (χ1) is 12.8. The van der Waals surface area contributed by atoms with Crippen LogP contribution in [0.4, 0.5) is 4.39 Å². The number of nitrogens with one attached hydrogen (secondary N) is 1. The fourth-order valence-corrected chi connectivity index (χ4v) is 2.84. The van der Waals surface area contributed by atoms with Crippen LogP contribution >= 0.6 is 0 Å². The van der Waals surface area contributed by atoms with Crippen molar-refractivity contribution in [1.29, 1.82) is 0 Å². The minimum absolute atomic E-state index is 0.00989. The number of carbonyl (C=O) groups is 3. The lowest BCUT2D eigenvalue weighted by Gasteiger charge is -2.23. The SMILES string of the molecule is CC(C)[C@H](N)C(=O)NCC(=O)N1CCCN(C(=O)c2ccc(F)cc2)CC1. The molecular weight excluding hydrogens is 351 g/mol. The highest BCUT2D eigenvalue weighted by atomic mass is 19.1. The third-order valence-corrected chi connectivity index (χ3v) is 4.66. The lowest BCUT2D eigenvalue weighted by molar-refractivity contribution is -0.133. The Bertz CT molecular complexity index is 678. The summed E-state index contributed by atoms with van der Waals surface area (Å²) in [7, 11) is 0. The summed E-state index contributed by atoms with van der Waals surface area (Å²) in [6.07, 6.45) is 0.637. The van der Waals surface area contributed by atoms with E-state index in [9.17, 15) is 18.8 Å². The smallest absolute Gasteiger partial charge is 0.253 e. The summed E-state index contributed by atoms with van der Waals surface area (Å²) in [6, 6.07) is 4.78. The lowest BCUT2D eigenvalue weighted by Crippen LogP contribution is -2.48. The molecule has 1 saturated heterocycles. The molecule has 0 radical (unpaired) electrons. The lowest BCUT2D eigenvalue weighted by atomic mass is 10.1. The molecule has 7 nitrogen and oxygen atoms in total. The minimum Gasteiger partial charge on any atom is -0.346 e. The average molecular weight is 378 g/mol. The Hall–Kier alpha value is -2.48. The second-order valence-corrected chi connectivity index (χ2v) is 7.02. The summed E-state index contributed by atoms with van der Waals surface area (Å²) in [5.41, 5.74) is 6.18. The first-order valence-electron chi connectivity index (χ1n) is 9.15. The van der Waals surface area contributed by atoms with Gasteiger partial charge in [0.2, 0.25) is 11.8 Å². The molecule has 3 amide bonds. The topological polar surface area (TPSA) is 95.7 Å². The van der Waals surface area contributed by atoms with Gasteiger partial charge in [0.25, 0.3) is 5.91 Å². The highest BCUT2D eigenvalue weighted by Gasteiger charge is 2.24. The van der Waals surface area contributed by atoms with E-state index in [-0.39, 0.29) is 30.2 Å². The zero-order chi connectivity index (χ0) is 20.0. The second kappa shape index (κ2) is 9.45. The molecule has 0 aromatic heterocycles. The van der Waals surface area contributed by atoms with E-state index in [0.29, 0.717) is 38.2 Å². The molecule has 1 heterocycles. The number of carbonyl (C=O) groups excluding carboxylic acids is 3. The predicted molar refractivity (Wildman–Crippen MR) is 99.3 cm³/mol. The maximum absolute atomic E-state index is 13.0. The highest BCUT2D eigenvalue weighted by Crippen LogP contribution is 2.10. The van der Waals surface area contributed by atoms with E-state index in [0.717, 1.165) is 0 Å². The van der Waals surface area contributed by atoms with Gasteiger partial charge in [-0.3, -0.25) is 14.4 Å². The van der Waals surface area contributed by atoms with Gasteiger partial charge in [-0.05, 0) is 36.6 Å². The Balaban J connectivity index is 1.86. The zero-order valence-electron chi connectivity index (χ0n) is 15.8. The van der Waals surface area contributed by atoms with E-state index in [2.05, 4.69) is 5.32 Å². The molecule has 3 N–H and O–H groups in total. The summed E-state index contributed by atoms with van der Waals surface area (Å²) >= 11 is 0. The molecule has 1 atom stereocenters. The van der Waals surface area contributed by atoms with Gasteiger partial charge in [-0.2, -0.15) is 0 Å². The summed E-state index contributed by atoms with van der Waals surface area (Å²) in [4.78, 5) is 40.1. The van der Waals surface area contributed by atoms with E-state index in [4.69, 9.17) is 5.73 Å². The third kappa shape index (κ3) is 5.75. The molecule has 0 aliphatic carbocycles. The number of nitrogens with two attached hydrogens (primary N) is 1. The van der Waals surface area contributed by atoms with Crippen LogP contribution in [0.5, 0.6) is 0 Å². The number of nitrogens with zero attached hydrogens (tertiary/aromatic N) is 2. The molecule has 0 unspecified atom stereocenters. The number of hydrogen-bond donors (Lipinski definition) is 2. The molecule has 1 aromatic rings. The van der Waals surface area contributed by atoms with Crippen LogP contribution in [0.15, 0.2) is 24.3 Å². The van der Waals surface area contributed by atoms with Crippen molar-refractivity contribution in [2.75, 3.05) is 32.7 Å². The van der Waals surface area contributed by atoms with E-state index >= 15 is 0 Å². The van der Waals surface area contributed by atoms with Gasteiger partial charge in [0, 0.05) is 31.7 Å². The Morgan fingerprint density at radius 1 is 1.07 bits per heavy atom. The highest BCUT2D eigenvalue weighted by molar-refractivity contribution is 5.94. The molecule has 27 heavy (non-hydrogen) atoms. The largest absolute Gasteiger partial charge is 0.346 e. The standard InChI is InChI=1S/C19H27FN4O3/c1-13(2)17(21)18(26)22-12-16(25)23-8-3-9-24(11-10-23)19(27)14-4-6-15(20)7-5-14/h4-7,13,17H,3,8-12,21H2,1-2H3,(H,22,26)/t17-/m0/s1. The van der Waals surface area contributed by atoms with Crippen LogP contribution in [0.1, 0.15) is 30.6 Å². The number of rotatable bonds is 5. The van der Waals surface area contributed by atoms with Crippen LogP contribution < -0.4 is 11.1 Å². The predicted octanol–water partition coefficient (Wildman–Crippen LogP) is 0.600. The Morgan fingerprint density at radius 3 is 2.30 bits per heavy atom.